The molecule has 3 aromatic rings. The van der Waals surface area contributed by atoms with Gasteiger partial charge in [-0.1, -0.05) is 0 Å². The Bertz CT molecular complexity index is 1140. The van der Waals surface area contributed by atoms with E-state index < -0.39 is 0 Å². The molecule has 1 amide bonds. The molecule has 1 aliphatic rings. The summed E-state index contributed by atoms with van der Waals surface area (Å²) in [5.74, 6) is 0.974. The summed E-state index contributed by atoms with van der Waals surface area (Å²) < 4.78 is 12.2. The Hall–Kier alpha value is -3.49. The minimum absolute atomic E-state index is 0.0313. The number of rotatable bonds is 7. The number of likely N-dealkylation sites (tertiary alicyclic amines) is 1. The van der Waals surface area contributed by atoms with Crippen LogP contribution in [0.25, 0.3) is 11.2 Å². The molecule has 32 heavy (non-hydrogen) atoms. The van der Waals surface area contributed by atoms with Crippen LogP contribution in [-0.4, -0.2) is 63.6 Å². The van der Waals surface area contributed by atoms with Crippen molar-refractivity contribution < 1.29 is 19.1 Å². The normalized spacial score (nSPS) is 16.2. The summed E-state index contributed by atoms with van der Waals surface area (Å²) in [4.78, 5) is 36.3. The van der Waals surface area contributed by atoms with E-state index in [0.29, 0.717) is 30.2 Å². The average Bonchev–Trinajstić information content (AvgIpc) is 3.18. The van der Waals surface area contributed by atoms with E-state index in [1.165, 1.54) is 7.11 Å². The van der Waals surface area contributed by atoms with Gasteiger partial charge in [0.25, 0.3) is 0 Å². The fourth-order valence-corrected chi connectivity index (χ4v) is 4.25. The van der Waals surface area contributed by atoms with Crippen molar-refractivity contribution in [3.8, 4) is 11.5 Å². The first-order valence-corrected chi connectivity index (χ1v) is 10.7. The van der Waals surface area contributed by atoms with Crippen LogP contribution >= 0.6 is 0 Å². The van der Waals surface area contributed by atoms with Crippen LogP contribution in [0.15, 0.2) is 30.6 Å². The molecule has 1 saturated heterocycles. The van der Waals surface area contributed by atoms with Gasteiger partial charge in [0.1, 0.15) is 17.0 Å². The highest BCUT2D eigenvalue weighted by molar-refractivity contribution is 6.00. The molecule has 0 spiro atoms. The Kier molecular flexibility index (Phi) is 6.34. The maximum absolute atomic E-state index is 12.9. The molecular weight excluding hydrogens is 410 g/mol. The SMILES string of the molecule is COc1ccc(OC)c(C(=O)CCC(=O)N2CCC[C@H](c3nn(C)c4nccnc34)C2)c1. The second-order valence-electron chi connectivity index (χ2n) is 7.91. The van der Waals surface area contributed by atoms with Gasteiger partial charge in [0.15, 0.2) is 11.4 Å². The van der Waals surface area contributed by atoms with Crippen LogP contribution in [0.1, 0.15) is 47.7 Å². The van der Waals surface area contributed by atoms with Gasteiger partial charge in [-0.2, -0.15) is 5.10 Å². The fourth-order valence-electron chi connectivity index (χ4n) is 4.25. The average molecular weight is 438 g/mol. The van der Waals surface area contributed by atoms with Crippen molar-refractivity contribution >= 4 is 22.9 Å². The molecule has 168 valence electrons. The quantitative estimate of drug-likeness (QED) is 0.524. The molecule has 0 bridgehead atoms. The highest BCUT2D eigenvalue weighted by Gasteiger charge is 2.29. The summed E-state index contributed by atoms with van der Waals surface area (Å²) in [5.41, 5.74) is 2.83. The molecule has 3 heterocycles. The van der Waals surface area contributed by atoms with Crippen molar-refractivity contribution in [2.24, 2.45) is 7.05 Å². The van der Waals surface area contributed by atoms with Gasteiger partial charge in [0.2, 0.25) is 5.91 Å². The number of ether oxygens (including phenoxy) is 2. The number of Topliss-reactive ketones (excluding diaryl/α,β-unsaturated/α-hetero) is 1. The van der Waals surface area contributed by atoms with Crippen molar-refractivity contribution in [1.29, 1.82) is 0 Å². The molecule has 1 aliphatic heterocycles. The predicted molar refractivity (Wildman–Crippen MR) is 118 cm³/mol. The Morgan fingerprint density at radius 2 is 1.94 bits per heavy atom. The summed E-state index contributed by atoms with van der Waals surface area (Å²) in [6.07, 6.45) is 5.39. The van der Waals surface area contributed by atoms with Crippen molar-refractivity contribution in [3.05, 3.63) is 41.9 Å². The molecule has 0 aliphatic carbocycles. The molecule has 1 atom stereocenters. The molecule has 1 fully saturated rings. The van der Waals surface area contributed by atoms with Crippen LogP contribution in [0.3, 0.4) is 0 Å². The summed E-state index contributed by atoms with van der Waals surface area (Å²) in [6.45, 7) is 1.25. The lowest BCUT2D eigenvalue weighted by Gasteiger charge is -2.32. The number of piperidine rings is 1. The number of carbonyl (C=O) groups is 2. The van der Waals surface area contributed by atoms with E-state index in [0.717, 1.165) is 29.7 Å². The number of hydrogen-bond acceptors (Lipinski definition) is 7. The largest absolute Gasteiger partial charge is 0.497 e. The van der Waals surface area contributed by atoms with Crippen molar-refractivity contribution in [2.45, 2.75) is 31.6 Å². The standard InChI is InChI=1S/C23H27N5O4/c1-27-23-22(24-10-11-25-23)21(26-27)15-5-4-12-28(14-15)20(30)9-7-18(29)17-13-16(31-2)6-8-19(17)32-3/h6,8,10-11,13,15H,4-5,7,9,12,14H2,1-3H3/t15-/m0/s1. The third-order valence-corrected chi connectivity index (χ3v) is 5.92. The lowest BCUT2D eigenvalue weighted by molar-refractivity contribution is -0.132. The van der Waals surface area contributed by atoms with Gasteiger partial charge < -0.3 is 14.4 Å². The zero-order valence-electron chi connectivity index (χ0n) is 18.6. The van der Waals surface area contributed by atoms with Crippen LogP contribution in [0.5, 0.6) is 11.5 Å². The molecule has 0 radical (unpaired) electrons. The summed E-state index contributed by atoms with van der Waals surface area (Å²) in [5, 5.41) is 4.63. The number of fused-ring (bicyclic) bond motifs is 1. The third-order valence-electron chi connectivity index (χ3n) is 5.92. The van der Waals surface area contributed by atoms with E-state index >= 15 is 0 Å². The zero-order chi connectivity index (χ0) is 22.7. The number of benzene rings is 1. The fraction of sp³-hybridized carbons (Fsp3) is 0.435. The molecule has 0 N–H and O–H groups in total. The number of ketones is 1. The van der Waals surface area contributed by atoms with Gasteiger partial charge in [0.05, 0.1) is 25.5 Å². The third kappa shape index (κ3) is 4.28. The Morgan fingerprint density at radius 1 is 1.12 bits per heavy atom. The minimum atomic E-state index is -0.145. The van der Waals surface area contributed by atoms with E-state index in [2.05, 4.69) is 15.1 Å². The zero-order valence-corrected chi connectivity index (χ0v) is 18.6. The summed E-state index contributed by atoms with van der Waals surface area (Å²) in [6, 6.07) is 5.08. The van der Waals surface area contributed by atoms with Crippen molar-refractivity contribution in [3.63, 3.8) is 0 Å². The maximum Gasteiger partial charge on any atom is 0.223 e. The molecular formula is C23H27N5O4. The molecule has 4 rings (SSSR count). The Labute approximate surface area is 186 Å². The molecule has 9 nitrogen and oxygen atoms in total. The van der Waals surface area contributed by atoms with Gasteiger partial charge in [-0.3, -0.25) is 9.59 Å². The van der Waals surface area contributed by atoms with Crippen LogP contribution < -0.4 is 9.47 Å². The van der Waals surface area contributed by atoms with E-state index in [1.807, 2.05) is 11.9 Å². The topological polar surface area (TPSA) is 99.4 Å². The number of amides is 1. The number of aromatic nitrogens is 4. The van der Waals surface area contributed by atoms with Gasteiger partial charge in [-0.15, -0.1) is 0 Å². The van der Waals surface area contributed by atoms with E-state index in [1.54, 1.807) is 42.4 Å². The first-order valence-electron chi connectivity index (χ1n) is 10.7. The number of aryl methyl sites for hydroxylation is 1. The first-order chi connectivity index (χ1) is 15.5. The lowest BCUT2D eigenvalue weighted by Crippen LogP contribution is -2.39. The molecule has 2 aromatic heterocycles. The van der Waals surface area contributed by atoms with Crippen LogP contribution in [0.4, 0.5) is 0 Å². The van der Waals surface area contributed by atoms with Gasteiger partial charge in [0, 0.05) is 51.3 Å². The lowest BCUT2D eigenvalue weighted by atomic mass is 9.94. The number of methoxy groups -OCH3 is 2. The molecule has 9 heteroatoms. The predicted octanol–water partition coefficient (Wildman–Crippen LogP) is 2.75. The first kappa shape index (κ1) is 21.7. The van der Waals surface area contributed by atoms with E-state index in [-0.39, 0.29) is 30.4 Å². The highest BCUT2D eigenvalue weighted by atomic mass is 16.5. The number of carbonyl (C=O) groups excluding carboxylic acids is 2. The maximum atomic E-state index is 12.9. The van der Waals surface area contributed by atoms with Crippen molar-refractivity contribution in [1.82, 2.24) is 24.6 Å². The van der Waals surface area contributed by atoms with Gasteiger partial charge >= 0.3 is 0 Å². The number of hydrogen-bond donors (Lipinski definition) is 0. The Balaban J connectivity index is 1.42. The van der Waals surface area contributed by atoms with E-state index in [9.17, 15) is 9.59 Å². The second kappa shape index (κ2) is 9.33. The molecule has 0 unspecified atom stereocenters. The van der Waals surface area contributed by atoms with Crippen LogP contribution in [0, 0.1) is 0 Å². The smallest absolute Gasteiger partial charge is 0.223 e. The van der Waals surface area contributed by atoms with Crippen LogP contribution in [-0.2, 0) is 11.8 Å². The molecule has 1 aromatic carbocycles. The monoisotopic (exact) mass is 437 g/mol. The van der Waals surface area contributed by atoms with E-state index in [4.69, 9.17) is 9.47 Å². The summed E-state index contributed by atoms with van der Waals surface area (Å²) in [7, 11) is 4.91. The van der Waals surface area contributed by atoms with Gasteiger partial charge in [-0.25, -0.2) is 14.6 Å². The Morgan fingerprint density at radius 3 is 2.72 bits per heavy atom. The highest BCUT2D eigenvalue weighted by Crippen LogP contribution is 2.30. The van der Waals surface area contributed by atoms with Crippen molar-refractivity contribution in [2.75, 3.05) is 27.3 Å². The minimum Gasteiger partial charge on any atom is -0.497 e. The summed E-state index contributed by atoms with van der Waals surface area (Å²) >= 11 is 0. The van der Waals surface area contributed by atoms with Crippen LogP contribution in [0.2, 0.25) is 0 Å². The molecule has 0 saturated carbocycles. The second-order valence-corrected chi connectivity index (χ2v) is 7.91. The number of nitrogens with zero attached hydrogens (tertiary/aromatic N) is 5. The van der Waals surface area contributed by atoms with Gasteiger partial charge in [-0.05, 0) is 31.0 Å².